The van der Waals surface area contributed by atoms with Gasteiger partial charge in [0.15, 0.2) is 0 Å². The lowest BCUT2D eigenvalue weighted by atomic mass is 9.93. The molecule has 9 heteroatoms. The third-order valence-corrected chi connectivity index (χ3v) is 5.98. The van der Waals surface area contributed by atoms with E-state index in [0.717, 1.165) is 16.7 Å². The van der Waals surface area contributed by atoms with E-state index in [9.17, 15) is 22.0 Å². The molecule has 0 amide bonds. The monoisotopic (exact) mass is 499 g/mol. The van der Waals surface area contributed by atoms with Gasteiger partial charge in [0, 0.05) is 0 Å². The van der Waals surface area contributed by atoms with Crippen molar-refractivity contribution in [1.82, 2.24) is 5.32 Å². The first-order chi connectivity index (χ1) is 14.4. The maximum absolute atomic E-state index is 13.8. The lowest BCUT2D eigenvalue weighted by Crippen LogP contribution is -2.30. The van der Waals surface area contributed by atoms with Crippen molar-refractivity contribution in [3.8, 4) is 0 Å². The molecule has 2 aromatic carbocycles. The largest absolute Gasteiger partial charge is 0.401 e. The summed E-state index contributed by atoms with van der Waals surface area (Å²) in [6.07, 6.45) is -5.07. The van der Waals surface area contributed by atoms with Crippen molar-refractivity contribution < 1.29 is 22.0 Å². The van der Waals surface area contributed by atoms with E-state index in [-0.39, 0.29) is 27.2 Å². The minimum Gasteiger partial charge on any atom is -0.308 e. The fourth-order valence-electron chi connectivity index (χ4n) is 3.12. The lowest BCUT2D eigenvalue weighted by molar-refractivity contribution is -0.124. The second kappa shape index (κ2) is 11.0. The van der Waals surface area contributed by atoms with Crippen LogP contribution in [-0.2, 0) is 6.42 Å². The second-order valence-electron chi connectivity index (χ2n) is 7.19. The molecule has 0 aliphatic carbocycles. The number of hydrogen-bond acceptors (Lipinski definition) is 1. The molecule has 0 saturated carbocycles. The van der Waals surface area contributed by atoms with Crippen LogP contribution < -0.4 is 5.32 Å². The van der Waals surface area contributed by atoms with Crippen molar-refractivity contribution in [2.24, 2.45) is 0 Å². The molecule has 1 N–H and O–H groups in total. The Kier molecular flexibility index (Phi) is 9.19. The molecule has 0 saturated heterocycles. The second-order valence-corrected chi connectivity index (χ2v) is 8.38. The summed E-state index contributed by atoms with van der Waals surface area (Å²) < 4.78 is 64.2. The van der Waals surface area contributed by atoms with Gasteiger partial charge in [0.2, 0.25) is 6.43 Å². The standard InChI is InChI=1S/C22H21Cl3F5N/c1-12-7-15(4-3-14(12)5-6-31-11-22(28,29)30)13(2)8-17(21(26)27)16-9-18(23)20(25)19(24)10-16/h3-4,7-10,17,21,31H,5-6,11H2,1-2H3/b13-8+. The highest BCUT2D eigenvalue weighted by atomic mass is 35.5. The summed E-state index contributed by atoms with van der Waals surface area (Å²) in [6, 6.07) is 8.14. The number of benzene rings is 2. The summed E-state index contributed by atoms with van der Waals surface area (Å²) >= 11 is 17.9. The molecule has 0 aromatic heterocycles. The zero-order valence-corrected chi connectivity index (χ0v) is 19.0. The van der Waals surface area contributed by atoms with Crippen LogP contribution in [0, 0.1) is 6.92 Å². The number of nitrogens with one attached hydrogen (secondary N) is 1. The van der Waals surface area contributed by atoms with E-state index in [1.165, 1.54) is 18.2 Å². The number of allylic oxidation sites excluding steroid dienone is 2. The average Bonchev–Trinajstić information content (AvgIpc) is 2.66. The van der Waals surface area contributed by atoms with Gasteiger partial charge in [-0.2, -0.15) is 13.2 Å². The SMILES string of the molecule is C/C(=C\C(c1cc(Cl)c(Cl)c(Cl)c1)C(F)F)c1ccc(CCNCC(F)(F)F)c(C)c1. The van der Waals surface area contributed by atoms with Crippen LogP contribution in [0.3, 0.4) is 0 Å². The first kappa shape index (κ1) is 25.9. The Morgan fingerprint density at radius 2 is 1.68 bits per heavy atom. The molecule has 0 heterocycles. The van der Waals surface area contributed by atoms with E-state index in [0.29, 0.717) is 12.0 Å². The summed E-state index contributed by atoms with van der Waals surface area (Å²) in [7, 11) is 0. The van der Waals surface area contributed by atoms with Gasteiger partial charge in [-0.1, -0.05) is 59.1 Å². The summed E-state index contributed by atoms with van der Waals surface area (Å²) in [6.45, 7) is 2.69. The number of rotatable bonds is 8. The molecule has 2 rings (SSSR count). The highest BCUT2D eigenvalue weighted by Gasteiger charge is 2.26. The van der Waals surface area contributed by atoms with Crippen molar-refractivity contribution >= 4 is 40.4 Å². The zero-order valence-electron chi connectivity index (χ0n) is 16.8. The predicted octanol–water partition coefficient (Wildman–Crippen LogP) is 8.10. The van der Waals surface area contributed by atoms with Crippen LogP contribution in [0.2, 0.25) is 15.1 Å². The molecular formula is C22H21Cl3F5N. The summed E-state index contributed by atoms with van der Waals surface area (Å²) in [5, 5.41) is 2.66. The first-order valence-corrected chi connectivity index (χ1v) is 10.5. The van der Waals surface area contributed by atoms with Crippen molar-refractivity contribution in [2.45, 2.75) is 38.8 Å². The molecule has 0 aliphatic heterocycles. The van der Waals surface area contributed by atoms with Crippen molar-refractivity contribution in [3.05, 3.63) is 73.7 Å². The lowest BCUT2D eigenvalue weighted by Gasteiger charge is -2.16. The Hall–Kier alpha value is -1.34. The first-order valence-electron chi connectivity index (χ1n) is 9.37. The summed E-state index contributed by atoms with van der Waals surface area (Å²) in [4.78, 5) is 0. The van der Waals surface area contributed by atoms with Gasteiger partial charge in [-0.15, -0.1) is 0 Å². The minimum atomic E-state index is -4.25. The van der Waals surface area contributed by atoms with Gasteiger partial charge in [-0.3, -0.25) is 0 Å². The number of hydrogen-bond donors (Lipinski definition) is 1. The van der Waals surface area contributed by atoms with Crippen LogP contribution in [0.25, 0.3) is 5.57 Å². The van der Waals surface area contributed by atoms with Crippen LogP contribution in [0.15, 0.2) is 36.4 Å². The number of aryl methyl sites for hydroxylation is 1. The van der Waals surface area contributed by atoms with Gasteiger partial charge < -0.3 is 5.32 Å². The van der Waals surface area contributed by atoms with E-state index in [2.05, 4.69) is 5.32 Å². The van der Waals surface area contributed by atoms with Gasteiger partial charge >= 0.3 is 6.18 Å². The highest BCUT2D eigenvalue weighted by molar-refractivity contribution is 6.48. The van der Waals surface area contributed by atoms with Crippen LogP contribution >= 0.6 is 34.8 Å². The molecule has 0 radical (unpaired) electrons. The van der Waals surface area contributed by atoms with Gasteiger partial charge in [-0.05, 0) is 66.8 Å². The highest BCUT2D eigenvalue weighted by Crippen LogP contribution is 2.37. The topological polar surface area (TPSA) is 12.0 Å². The van der Waals surface area contributed by atoms with Gasteiger partial charge in [-0.25, -0.2) is 8.78 Å². The Balaban J connectivity index is 2.20. The quantitative estimate of drug-likeness (QED) is 0.219. The van der Waals surface area contributed by atoms with Crippen molar-refractivity contribution in [1.29, 1.82) is 0 Å². The Morgan fingerprint density at radius 3 is 2.19 bits per heavy atom. The van der Waals surface area contributed by atoms with Gasteiger partial charge in [0.25, 0.3) is 0 Å². The molecule has 31 heavy (non-hydrogen) atoms. The number of halogens is 8. The predicted molar refractivity (Wildman–Crippen MR) is 118 cm³/mol. The summed E-state index contributed by atoms with van der Waals surface area (Å²) in [5.74, 6) is -1.24. The third kappa shape index (κ3) is 7.63. The average molecular weight is 501 g/mol. The Bertz CT molecular complexity index is 918. The van der Waals surface area contributed by atoms with Crippen LogP contribution in [0.4, 0.5) is 22.0 Å². The van der Waals surface area contributed by atoms with E-state index < -0.39 is 25.1 Å². The Morgan fingerprint density at radius 1 is 1.06 bits per heavy atom. The normalized spacial score (nSPS) is 13.7. The molecule has 0 aliphatic rings. The molecule has 0 spiro atoms. The smallest absolute Gasteiger partial charge is 0.308 e. The Labute approximate surface area is 193 Å². The van der Waals surface area contributed by atoms with E-state index in [4.69, 9.17) is 34.8 Å². The molecule has 0 bridgehead atoms. The molecule has 1 nitrogen and oxygen atoms in total. The third-order valence-electron chi connectivity index (χ3n) is 4.79. The van der Waals surface area contributed by atoms with E-state index >= 15 is 0 Å². The van der Waals surface area contributed by atoms with Gasteiger partial charge in [0.05, 0.1) is 27.5 Å². The summed E-state index contributed by atoms with van der Waals surface area (Å²) in [5.41, 5.74) is 3.36. The van der Waals surface area contributed by atoms with Crippen LogP contribution in [-0.4, -0.2) is 25.7 Å². The van der Waals surface area contributed by atoms with Crippen molar-refractivity contribution in [3.63, 3.8) is 0 Å². The van der Waals surface area contributed by atoms with E-state index in [1.54, 1.807) is 19.1 Å². The minimum absolute atomic E-state index is 0.0974. The molecule has 1 unspecified atom stereocenters. The maximum atomic E-state index is 13.8. The molecule has 1 atom stereocenters. The zero-order chi connectivity index (χ0) is 23.3. The van der Waals surface area contributed by atoms with E-state index in [1.807, 2.05) is 13.0 Å². The molecule has 2 aromatic rings. The fraction of sp³-hybridized carbons (Fsp3) is 0.364. The molecule has 170 valence electrons. The maximum Gasteiger partial charge on any atom is 0.401 e. The molecule has 0 fully saturated rings. The number of alkyl halides is 5. The van der Waals surface area contributed by atoms with Crippen LogP contribution in [0.5, 0.6) is 0 Å². The van der Waals surface area contributed by atoms with Crippen molar-refractivity contribution in [2.75, 3.05) is 13.1 Å². The molecular weight excluding hydrogens is 480 g/mol. The fourth-order valence-corrected chi connectivity index (χ4v) is 3.74. The van der Waals surface area contributed by atoms with Gasteiger partial charge in [0.1, 0.15) is 0 Å². The van der Waals surface area contributed by atoms with Crippen LogP contribution in [0.1, 0.15) is 35.1 Å².